The number of nitrogens with zero attached hydrogens (tertiary/aromatic N) is 2. The number of anilines is 1. The summed E-state index contributed by atoms with van der Waals surface area (Å²) in [4.78, 5) is 41.2. The highest BCUT2D eigenvalue weighted by atomic mass is 35.5. The van der Waals surface area contributed by atoms with Gasteiger partial charge in [0.25, 0.3) is 17.7 Å². The number of fused-ring (bicyclic) bond motifs is 1. The molecule has 3 rings (SSSR count). The van der Waals surface area contributed by atoms with Crippen molar-refractivity contribution in [3.8, 4) is 0 Å². The molecule has 2 heterocycles. The van der Waals surface area contributed by atoms with Gasteiger partial charge >= 0.3 is 0 Å². The second kappa shape index (κ2) is 4.68. The smallest absolute Gasteiger partial charge is 0.270 e. The van der Waals surface area contributed by atoms with Crippen LogP contribution in [0.1, 0.15) is 31.1 Å². The van der Waals surface area contributed by atoms with Crippen LogP contribution < -0.4 is 5.73 Å². The molecule has 1 aliphatic heterocycles. The van der Waals surface area contributed by atoms with Crippen molar-refractivity contribution in [3.05, 3.63) is 58.4 Å². The van der Waals surface area contributed by atoms with Gasteiger partial charge in [-0.25, -0.2) is 4.90 Å². The Morgan fingerprint density at radius 3 is 2.62 bits per heavy atom. The van der Waals surface area contributed by atoms with Crippen LogP contribution in [0.15, 0.2) is 36.7 Å². The van der Waals surface area contributed by atoms with Gasteiger partial charge in [-0.1, -0.05) is 17.7 Å². The highest BCUT2D eigenvalue weighted by Crippen LogP contribution is 2.29. The van der Waals surface area contributed by atoms with Gasteiger partial charge in [-0.05, 0) is 18.2 Å². The van der Waals surface area contributed by atoms with Gasteiger partial charge < -0.3 is 5.73 Å². The molecule has 104 valence electrons. The lowest BCUT2D eigenvalue weighted by molar-refractivity contribution is 0.0566. The van der Waals surface area contributed by atoms with Gasteiger partial charge in [0, 0.05) is 18.1 Å². The molecule has 2 aromatic rings. The van der Waals surface area contributed by atoms with Crippen LogP contribution in [-0.4, -0.2) is 27.6 Å². The van der Waals surface area contributed by atoms with Crippen molar-refractivity contribution in [2.75, 3.05) is 5.73 Å². The predicted octanol–water partition coefficient (Wildman–Crippen LogP) is 1.75. The van der Waals surface area contributed by atoms with Crippen LogP contribution in [-0.2, 0) is 0 Å². The first-order chi connectivity index (χ1) is 10.0. The van der Waals surface area contributed by atoms with E-state index in [4.69, 9.17) is 17.3 Å². The maximum atomic E-state index is 12.4. The number of pyridine rings is 1. The van der Waals surface area contributed by atoms with Crippen LogP contribution in [0.25, 0.3) is 0 Å². The fourth-order valence-electron chi connectivity index (χ4n) is 2.15. The molecule has 0 saturated heterocycles. The number of imide groups is 3. The van der Waals surface area contributed by atoms with Gasteiger partial charge in [-0.3, -0.25) is 19.4 Å². The van der Waals surface area contributed by atoms with Crippen LogP contribution in [0, 0.1) is 0 Å². The molecule has 0 radical (unpaired) electrons. The van der Waals surface area contributed by atoms with Crippen LogP contribution in [0.3, 0.4) is 0 Å². The lowest BCUT2D eigenvalue weighted by Crippen LogP contribution is -2.36. The van der Waals surface area contributed by atoms with Crippen LogP contribution >= 0.6 is 11.6 Å². The Bertz CT molecular complexity index is 804. The minimum Gasteiger partial charge on any atom is -0.398 e. The Hall–Kier alpha value is -2.73. The zero-order valence-electron chi connectivity index (χ0n) is 10.5. The monoisotopic (exact) mass is 301 g/mol. The third-order valence-electron chi connectivity index (χ3n) is 3.15. The number of hydrogen-bond donors (Lipinski definition) is 1. The first kappa shape index (κ1) is 13.3. The standard InChI is InChI=1S/C14H8ClN3O3/c15-9-4-5-17-6-8(9)13(20)18-12(19)7-2-1-3-10(16)11(7)14(18)21/h1-6H,16H2. The highest BCUT2D eigenvalue weighted by Gasteiger charge is 2.41. The molecule has 3 amide bonds. The average Bonchev–Trinajstić information content (AvgIpc) is 2.72. The molecule has 0 fully saturated rings. The molecule has 0 unspecified atom stereocenters. The Morgan fingerprint density at radius 2 is 1.95 bits per heavy atom. The third kappa shape index (κ3) is 1.88. The molecule has 0 aliphatic carbocycles. The first-order valence-corrected chi connectivity index (χ1v) is 6.31. The van der Waals surface area contributed by atoms with E-state index in [2.05, 4.69) is 4.98 Å². The summed E-state index contributed by atoms with van der Waals surface area (Å²) >= 11 is 5.90. The molecular formula is C14H8ClN3O3. The summed E-state index contributed by atoms with van der Waals surface area (Å²) < 4.78 is 0. The predicted molar refractivity (Wildman–Crippen MR) is 74.9 cm³/mol. The highest BCUT2D eigenvalue weighted by molar-refractivity contribution is 6.37. The molecule has 21 heavy (non-hydrogen) atoms. The Balaban J connectivity index is 2.09. The van der Waals surface area contributed by atoms with Gasteiger partial charge in [0.05, 0.1) is 21.7 Å². The largest absolute Gasteiger partial charge is 0.398 e. The summed E-state index contributed by atoms with van der Waals surface area (Å²) in [6.45, 7) is 0. The molecule has 1 aromatic carbocycles. The lowest BCUT2D eigenvalue weighted by Gasteiger charge is -2.12. The number of halogens is 1. The number of aromatic nitrogens is 1. The van der Waals surface area contributed by atoms with Crippen LogP contribution in [0.2, 0.25) is 5.02 Å². The van der Waals surface area contributed by atoms with Crippen molar-refractivity contribution in [3.63, 3.8) is 0 Å². The Kier molecular flexibility index (Phi) is 2.95. The van der Waals surface area contributed by atoms with Crippen molar-refractivity contribution in [1.29, 1.82) is 0 Å². The summed E-state index contributed by atoms with van der Waals surface area (Å²) in [5.41, 5.74) is 5.98. The maximum absolute atomic E-state index is 12.4. The average molecular weight is 302 g/mol. The van der Waals surface area contributed by atoms with Gasteiger partial charge in [-0.15, -0.1) is 0 Å². The van der Waals surface area contributed by atoms with E-state index >= 15 is 0 Å². The molecule has 7 heteroatoms. The number of benzene rings is 1. The lowest BCUT2D eigenvalue weighted by atomic mass is 10.1. The molecular weight excluding hydrogens is 294 g/mol. The van der Waals surface area contributed by atoms with Crippen LogP contribution in [0.5, 0.6) is 0 Å². The summed E-state index contributed by atoms with van der Waals surface area (Å²) in [6, 6.07) is 5.89. The third-order valence-corrected chi connectivity index (χ3v) is 3.48. The van der Waals surface area contributed by atoms with E-state index < -0.39 is 17.7 Å². The maximum Gasteiger partial charge on any atom is 0.270 e. The van der Waals surface area contributed by atoms with Crippen molar-refractivity contribution < 1.29 is 14.4 Å². The summed E-state index contributed by atoms with van der Waals surface area (Å²) in [5, 5.41) is 0.111. The normalized spacial score (nSPS) is 13.5. The van der Waals surface area contributed by atoms with Gasteiger partial charge in [-0.2, -0.15) is 0 Å². The SMILES string of the molecule is Nc1cccc2c1C(=O)N(C(=O)c1cnccc1Cl)C2=O. The molecule has 0 spiro atoms. The van der Waals surface area contributed by atoms with E-state index in [9.17, 15) is 14.4 Å². The Labute approximate surface area is 124 Å². The molecule has 1 aromatic heterocycles. The number of nitrogens with two attached hydrogens (primary N) is 1. The van der Waals surface area contributed by atoms with Crippen molar-refractivity contribution in [2.45, 2.75) is 0 Å². The first-order valence-electron chi connectivity index (χ1n) is 5.93. The number of carbonyl (C=O) groups is 3. The topological polar surface area (TPSA) is 93.4 Å². The minimum atomic E-state index is -0.821. The van der Waals surface area contributed by atoms with Gasteiger partial charge in [0.2, 0.25) is 0 Å². The second-order valence-corrected chi connectivity index (χ2v) is 4.78. The molecule has 2 N–H and O–H groups in total. The van der Waals surface area contributed by atoms with Crippen molar-refractivity contribution in [1.82, 2.24) is 9.88 Å². The fraction of sp³-hybridized carbons (Fsp3) is 0. The number of rotatable bonds is 1. The summed E-state index contributed by atoms with van der Waals surface area (Å²) in [6.07, 6.45) is 2.61. The quantitative estimate of drug-likeness (QED) is 0.640. The van der Waals surface area contributed by atoms with E-state index in [1.54, 1.807) is 6.07 Å². The van der Waals surface area contributed by atoms with E-state index in [1.807, 2.05) is 0 Å². The molecule has 0 atom stereocenters. The van der Waals surface area contributed by atoms with E-state index in [-0.39, 0.29) is 27.4 Å². The Morgan fingerprint density at radius 1 is 1.19 bits per heavy atom. The van der Waals surface area contributed by atoms with Crippen molar-refractivity contribution in [2.24, 2.45) is 0 Å². The van der Waals surface area contributed by atoms with E-state index in [0.29, 0.717) is 4.90 Å². The van der Waals surface area contributed by atoms with Crippen molar-refractivity contribution >= 4 is 35.0 Å². The minimum absolute atomic E-state index is 0.0211. The molecule has 0 bridgehead atoms. The van der Waals surface area contributed by atoms with E-state index in [1.165, 1.54) is 30.6 Å². The second-order valence-electron chi connectivity index (χ2n) is 4.38. The van der Waals surface area contributed by atoms with Gasteiger partial charge in [0.15, 0.2) is 0 Å². The summed E-state index contributed by atoms with van der Waals surface area (Å²) in [5.74, 6) is -2.29. The number of hydrogen-bond acceptors (Lipinski definition) is 5. The fourth-order valence-corrected chi connectivity index (χ4v) is 2.34. The number of carbonyl (C=O) groups excluding carboxylic acids is 3. The number of nitrogen functional groups attached to an aromatic ring is 1. The molecule has 6 nitrogen and oxygen atoms in total. The molecule has 0 saturated carbocycles. The van der Waals surface area contributed by atoms with E-state index in [0.717, 1.165) is 0 Å². The van der Waals surface area contributed by atoms with Gasteiger partial charge in [0.1, 0.15) is 0 Å². The molecule has 1 aliphatic rings. The zero-order chi connectivity index (χ0) is 15.1. The zero-order valence-corrected chi connectivity index (χ0v) is 11.3. The number of amides is 3. The summed E-state index contributed by atoms with van der Waals surface area (Å²) in [7, 11) is 0. The van der Waals surface area contributed by atoms with Crippen LogP contribution in [0.4, 0.5) is 5.69 Å².